The first-order valence-corrected chi connectivity index (χ1v) is 5.44. The summed E-state index contributed by atoms with van der Waals surface area (Å²) < 4.78 is 18.0. The first-order chi connectivity index (χ1) is 7.69. The number of halogens is 2. The molecule has 0 heterocycles. The van der Waals surface area contributed by atoms with Gasteiger partial charge in [-0.25, -0.2) is 0 Å². The zero-order chi connectivity index (χ0) is 12.0. The number of amidine groups is 1. The molecule has 1 rings (SSSR count). The monoisotopic (exact) mass is 290 g/mol. The topological polar surface area (TPSA) is 67.8 Å². The summed E-state index contributed by atoms with van der Waals surface area (Å²) in [6.07, 6.45) is 0.311. The Hall–Kier alpha value is -1.30. The molecule has 0 amide bonds. The van der Waals surface area contributed by atoms with Crippen molar-refractivity contribution in [1.29, 1.82) is 0 Å². The molecule has 0 atom stereocenters. The largest absolute Gasteiger partial charge is 0.493 e. The summed E-state index contributed by atoms with van der Waals surface area (Å²) in [5, 5.41) is 11.5. The zero-order valence-corrected chi connectivity index (χ0v) is 10.1. The van der Waals surface area contributed by atoms with Crippen LogP contribution in [0.15, 0.2) is 27.8 Å². The van der Waals surface area contributed by atoms with Gasteiger partial charge in [-0.1, -0.05) is 21.1 Å². The van der Waals surface area contributed by atoms with Crippen LogP contribution in [0.2, 0.25) is 0 Å². The van der Waals surface area contributed by atoms with Gasteiger partial charge in [-0.05, 0) is 18.2 Å². The minimum Gasteiger partial charge on any atom is -0.493 e. The molecule has 6 heteroatoms. The van der Waals surface area contributed by atoms with E-state index in [-0.39, 0.29) is 12.4 Å². The number of rotatable bonds is 5. The Morgan fingerprint density at radius 3 is 2.94 bits per heavy atom. The Morgan fingerprint density at radius 2 is 2.31 bits per heavy atom. The summed E-state index contributed by atoms with van der Waals surface area (Å²) in [5.41, 5.74) is 5.96. The number of oxime groups is 1. The maximum Gasteiger partial charge on any atom is 0.173 e. The molecule has 0 spiro atoms. The molecular weight excluding hydrogens is 279 g/mol. The fraction of sp³-hybridized carbons (Fsp3) is 0.300. The maximum atomic E-state index is 11.9. The molecule has 1 aromatic carbocycles. The van der Waals surface area contributed by atoms with Crippen molar-refractivity contribution in [3.8, 4) is 5.75 Å². The highest BCUT2D eigenvalue weighted by atomic mass is 79.9. The standard InChI is InChI=1S/C10H12BrFN2O2/c11-7-2-3-9(16-5-1-4-12)8(6-7)10(13)14-15/h2-3,6,15H,1,4-5H2,(H2,13,14). The van der Waals surface area contributed by atoms with Crippen molar-refractivity contribution in [3.05, 3.63) is 28.2 Å². The average molecular weight is 291 g/mol. The van der Waals surface area contributed by atoms with Crippen LogP contribution in [-0.2, 0) is 0 Å². The molecule has 0 aliphatic heterocycles. The van der Waals surface area contributed by atoms with Gasteiger partial charge >= 0.3 is 0 Å². The lowest BCUT2D eigenvalue weighted by molar-refractivity contribution is 0.288. The quantitative estimate of drug-likeness (QED) is 0.287. The highest BCUT2D eigenvalue weighted by molar-refractivity contribution is 9.10. The van der Waals surface area contributed by atoms with E-state index in [2.05, 4.69) is 21.1 Å². The van der Waals surface area contributed by atoms with E-state index in [1.807, 2.05) is 0 Å². The summed E-state index contributed by atoms with van der Waals surface area (Å²) in [6, 6.07) is 5.11. The molecule has 0 aromatic heterocycles. The Bertz CT molecular complexity index is 385. The maximum absolute atomic E-state index is 11.9. The molecule has 16 heavy (non-hydrogen) atoms. The lowest BCUT2D eigenvalue weighted by Gasteiger charge is -2.10. The molecule has 0 aliphatic rings. The molecule has 0 aliphatic carbocycles. The van der Waals surface area contributed by atoms with Crippen LogP contribution in [0.4, 0.5) is 4.39 Å². The van der Waals surface area contributed by atoms with E-state index in [0.29, 0.717) is 17.7 Å². The van der Waals surface area contributed by atoms with Crippen molar-refractivity contribution in [2.24, 2.45) is 10.9 Å². The summed E-state index contributed by atoms with van der Waals surface area (Å²) in [7, 11) is 0. The van der Waals surface area contributed by atoms with E-state index in [9.17, 15) is 4.39 Å². The lowest BCUT2D eigenvalue weighted by Crippen LogP contribution is -2.15. The van der Waals surface area contributed by atoms with Crippen LogP contribution in [0, 0.1) is 0 Å². The van der Waals surface area contributed by atoms with Crippen LogP contribution in [-0.4, -0.2) is 24.3 Å². The fourth-order valence-corrected chi connectivity index (χ4v) is 1.48. The molecule has 88 valence electrons. The number of hydrogen-bond donors (Lipinski definition) is 2. The average Bonchev–Trinajstić information content (AvgIpc) is 2.30. The molecule has 0 radical (unpaired) electrons. The molecule has 0 bridgehead atoms. The van der Waals surface area contributed by atoms with Gasteiger partial charge in [0.25, 0.3) is 0 Å². The van der Waals surface area contributed by atoms with E-state index >= 15 is 0 Å². The zero-order valence-electron chi connectivity index (χ0n) is 8.49. The summed E-state index contributed by atoms with van der Waals surface area (Å²) in [4.78, 5) is 0. The van der Waals surface area contributed by atoms with Crippen molar-refractivity contribution in [1.82, 2.24) is 0 Å². The first-order valence-electron chi connectivity index (χ1n) is 4.65. The molecule has 0 saturated carbocycles. The van der Waals surface area contributed by atoms with Gasteiger partial charge in [0.1, 0.15) is 5.75 Å². The Kier molecular flexibility index (Phi) is 5.04. The van der Waals surface area contributed by atoms with Crippen molar-refractivity contribution < 1.29 is 14.3 Å². The molecule has 0 unspecified atom stereocenters. The van der Waals surface area contributed by atoms with E-state index in [1.54, 1.807) is 18.2 Å². The predicted molar refractivity (Wildman–Crippen MR) is 62.7 cm³/mol. The molecule has 0 saturated heterocycles. The Morgan fingerprint density at radius 1 is 1.56 bits per heavy atom. The van der Waals surface area contributed by atoms with Crippen molar-refractivity contribution in [3.63, 3.8) is 0 Å². The number of ether oxygens (including phenoxy) is 1. The van der Waals surface area contributed by atoms with E-state index < -0.39 is 6.67 Å². The summed E-state index contributed by atoms with van der Waals surface area (Å²) in [5.74, 6) is 0.420. The predicted octanol–water partition coefficient (Wildman–Crippen LogP) is 2.28. The van der Waals surface area contributed by atoms with Gasteiger partial charge in [-0.15, -0.1) is 0 Å². The number of nitrogens with two attached hydrogens (primary N) is 1. The number of benzene rings is 1. The van der Waals surface area contributed by atoms with Gasteiger partial charge in [0, 0.05) is 10.9 Å². The van der Waals surface area contributed by atoms with Crippen LogP contribution in [0.25, 0.3) is 0 Å². The SMILES string of the molecule is N/C(=N/O)c1cc(Br)ccc1OCCCF. The van der Waals surface area contributed by atoms with Gasteiger partial charge in [-0.2, -0.15) is 0 Å². The highest BCUT2D eigenvalue weighted by Gasteiger charge is 2.08. The Labute approximate surface area is 101 Å². The third kappa shape index (κ3) is 3.37. The van der Waals surface area contributed by atoms with Gasteiger partial charge in [0.15, 0.2) is 5.84 Å². The third-order valence-electron chi connectivity index (χ3n) is 1.86. The first kappa shape index (κ1) is 12.8. The van der Waals surface area contributed by atoms with Crippen molar-refractivity contribution in [2.45, 2.75) is 6.42 Å². The lowest BCUT2D eigenvalue weighted by atomic mass is 10.2. The van der Waals surface area contributed by atoms with Crippen LogP contribution < -0.4 is 10.5 Å². The van der Waals surface area contributed by atoms with Gasteiger partial charge in [0.2, 0.25) is 0 Å². The molecule has 1 aromatic rings. The van der Waals surface area contributed by atoms with Crippen LogP contribution in [0.1, 0.15) is 12.0 Å². The van der Waals surface area contributed by atoms with E-state index in [4.69, 9.17) is 15.7 Å². The number of hydrogen-bond acceptors (Lipinski definition) is 3. The van der Waals surface area contributed by atoms with Crippen molar-refractivity contribution >= 4 is 21.8 Å². The second-order valence-electron chi connectivity index (χ2n) is 3.02. The van der Waals surface area contributed by atoms with E-state index in [0.717, 1.165) is 4.47 Å². The fourth-order valence-electron chi connectivity index (χ4n) is 1.12. The normalized spacial score (nSPS) is 11.5. The molecular formula is C10H12BrFN2O2. The summed E-state index contributed by atoms with van der Waals surface area (Å²) >= 11 is 3.27. The van der Waals surface area contributed by atoms with Gasteiger partial charge in [-0.3, -0.25) is 4.39 Å². The highest BCUT2D eigenvalue weighted by Crippen LogP contribution is 2.23. The second-order valence-corrected chi connectivity index (χ2v) is 3.93. The number of nitrogens with zero attached hydrogens (tertiary/aromatic N) is 1. The van der Waals surface area contributed by atoms with Crippen LogP contribution >= 0.6 is 15.9 Å². The Balaban J connectivity index is 2.89. The summed E-state index contributed by atoms with van der Waals surface area (Å²) in [6.45, 7) is -0.181. The minimum absolute atomic E-state index is 0.0449. The molecule has 3 N–H and O–H groups in total. The van der Waals surface area contributed by atoms with Gasteiger partial charge in [0.05, 0.1) is 18.8 Å². The molecule has 0 fully saturated rings. The third-order valence-corrected chi connectivity index (χ3v) is 2.35. The van der Waals surface area contributed by atoms with Crippen molar-refractivity contribution in [2.75, 3.05) is 13.3 Å². The molecule has 4 nitrogen and oxygen atoms in total. The second kappa shape index (κ2) is 6.32. The van der Waals surface area contributed by atoms with Crippen LogP contribution in [0.3, 0.4) is 0 Å². The van der Waals surface area contributed by atoms with Gasteiger partial charge < -0.3 is 15.7 Å². The van der Waals surface area contributed by atoms with E-state index in [1.165, 1.54) is 0 Å². The smallest absolute Gasteiger partial charge is 0.173 e. The number of alkyl halides is 1. The minimum atomic E-state index is -0.435. The van der Waals surface area contributed by atoms with Crippen LogP contribution in [0.5, 0.6) is 5.75 Å².